The number of ether oxygens (including phenoxy) is 1. The van der Waals surface area contributed by atoms with Crippen molar-refractivity contribution in [3.05, 3.63) is 17.8 Å². The normalized spacial score (nSPS) is 11.2. The minimum atomic E-state index is -0.455. The topological polar surface area (TPSA) is 80.5 Å². The van der Waals surface area contributed by atoms with Crippen LogP contribution in [0.4, 0.5) is 11.5 Å². The van der Waals surface area contributed by atoms with Crippen molar-refractivity contribution >= 4 is 17.5 Å². The first kappa shape index (κ1) is 17.2. The third-order valence-electron chi connectivity index (χ3n) is 3.34. The fourth-order valence-corrected chi connectivity index (χ4v) is 2.28. The highest BCUT2D eigenvalue weighted by atomic mass is 16.5. The average molecular weight is 294 g/mol. The lowest BCUT2D eigenvalue weighted by Gasteiger charge is -2.30. The lowest BCUT2D eigenvalue weighted by atomic mass is 10.2. The summed E-state index contributed by atoms with van der Waals surface area (Å²) in [5.74, 6) is 0.168. The lowest BCUT2D eigenvalue weighted by Crippen LogP contribution is -2.40. The molecule has 118 valence electrons. The Kier molecular flexibility index (Phi) is 6.42. The molecule has 0 bridgehead atoms. The number of nitrogens with one attached hydrogen (secondary N) is 1. The number of nitrogens with zero attached hydrogens (tertiary/aromatic N) is 2. The number of nitrogen functional groups attached to an aromatic ring is 1. The summed E-state index contributed by atoms with van der Waals surface area (Å²) in [6.45, 7) is 10.4. The molecule has 0 aliphatic heterocycles. The molecule has 0 aliphatic rings. The highest BCUT2D eigenvalue weighted by Gasteiger charge is 2.14. The van der Waals surface area contributed by atoms with E-state index in [-0.39, 0.29) is 0 Å². The highest BCUT2D eigenvalue weighted by Crippen LogP contribution is 2.15. The first-order valence-electron chi connectivity index (χ1n) is 7.20. The van der Waals surface area contributed by atoms with Gasteiger partial charge in [0.1, 0.15) is 5.82 Å². The summed E-state index contributed by atoms with van der Waals surface area (Å²) in [4.78, 5) is 18.1. The number of carbonyl (C=O) groups excluding carboxylic acids is 1. The lowest BCUT2D eigenvalue weighted by molar-refractivity contribution is 0.0602. The zero-order chi connectivity index (χ0) is 16.0. The summed E-state index contributed by atoms with van der Waals surface area (Å²) < 4.78 is 4.69. The van der Waals surface area contributed by atoms with Crippen molar-refractivity contribution < 1.29 is 9.53 Å². The predicted molar refractivity (Wildman–Crippen MR) is 85.5 cm³/mol. The van der Waals surface area contributed by atoms with Crippen molar-refractivity contribution in [1.29, 1.82) is 0 Å². The second kappa shape index (κ2) is 7.83. The number of aromatic nitrogens is 1. The Balaban J connectivity index is 2.66. The molecule has 0 aromatic carbocycles. The van der Waals surface area contributed by atoms with Gasteiger partial charge in [-0.1, -0.05) is 0 Å². The van der Waals surface area contributed by atoms with Gasteiger partial charge in [0, 0.05) is 25.2 Å². The minimum absolute atomic E-state index is 0.318. The van der Waals surface area contributed by atoms with Crippen molar-refractivity contribution in [3.8, 4) is 0 Å². The second-order valence-electron chi connectivity index (χ2n) is 5.50. The zero-order valence-electron chi connectivity index (χ0n) is 13.5. The van der Waals surface area contributed by atoms with Crippen LogP contribution >= 0.6 is 0 Å². The van der Waals surface area contributed by atoms with E-state index >= 15 is 0 Å². The van der Waals surface area contributed by atoms with Crippen molar-refractivity contribution in [2.24, 2.45) is 0 Å². The SMILES string of the molecule is COC(=O)c1cc(NCCN(C(C)C)C(C)C)ncc1N. The number of pyridine rings is 1. The molecule has 1 heterocycles. The Morgan fingerprint density at radius 2 is 2.00 bits per heavy atom. The van der Waals surface area contributed by atoms with Crippen molar-refractivity contribution in [3.63, 3.8) is 0 Å². The van der Waals surface area contributed by atoms with E-state index in [4.69, 9.17) is 10.5 Å². The molecule has 0 saturated carbocycles. The third-order valence-corrected chi connectivity index (χ3v) is 3.34. The predicted octanol–water partition coefficient (Wildman–Crippen LogP) is 1.98. The van der Waals surface area contributed by atoms with Gasteiger partial charge in [-0.05, 0) is 33.8 Å². The Morgan fingerprint density at radius 3 is 2.52 bits per heavy atom. The average Bonchev–Trinajstić information content (AvgIpc) is 2.43. The number of methoxy groups -OCH3 is 1. The molecule has 6 nitrogen and oxygen atoms in total. The Labute approximate surface area is 126 Å². The standard InChI is InChI=1S/C15H26N4O2/c1-10(2)19(11(3)4)7-6-17-14-8-12(15(20)21-5)13(16)9-18-14/h8-11H,6-7,16H2,1-5H3,(H,17,18). The monoisotopic (exact) mass is 294 g/mol. The van der Waals surface area contributed by atoms with Crippen molar-refractivity contribution in [1.82, 2.24) is 9.88 Å². The Morgan fingerprint density at radius 1 is 1.38 bits per heavy atom. The molecule has 0 radical (unpaired) electrons. The van der Waals surface area contributed by atoms with Crippen LogP contribution in [0.1, 0.15) is 38.1 Å². The quantitative estimate of drug-likeness (QED) is 0.749. The Hall–Kier alpha value is -1.82. The van der Waals surface area contributed by atoms with E-state index in [1.165, 1.54) is 13.3 Å². The van der Waals surface area contributed by atoms with Crippen molar-refractivity contribution in [2.45, 2.75) is 39.8 Å². The van der Waals surface area contributed by atoms with Crippen molar-refractivity contribution in [2.75, 3.05) is 31.2 Å². The van der Waals surface area contributed by atoms with Gasteiger partial charge in [-0.2, -0.15) is 0 Å². The molecule has 0 saturated heterocycles. The van der Waals surface area contributed by atoms with Gasteiger partial charge in [0.15, 0.2) is 0 Å². The summed E-state index contributed by atoms with van der Waals surface area (Å²) in [7, 11) is 1.33. The molecule has 0 spiro atoms. The van der Waals surface area contributed by atoms with Gasteiger partial charge in [0.05, 0.1) is 24.6 Å². The molecular weight excluding hydrogens is 268 g/mol. The molecule has 1 aromatic rings. The van der Waals surface area contributed by atoms with Crippen LogP contribution in [0.5, 0.6) is 0 Å². The van der Waals surface area contributed by atoms with Crippen LogP contribution in [0.2, 0.25) is 0 Å². The first-order chi connectivity index (χ1) is 9.86. The molecule has 21 heavy (non-hydrogen) atoms. The number of esters is 1. The number of anilines is 2. The van der Waals surface area contributed by atoms with E-state index in [0.717, 1.165) is 13.1 Å². The van der Waals surface area contributed by atoms with Gasteiger partial charge in [-0.25, -0.2) is 9.78 Å². The van der Waals surface area contributed by atoms with Crippen LogP contribution in [-0.4, -0.2) is 48.1 Å². The van der Waals surface area contributed by atoms with Gasteiger partial charge in [0.2, 0.25) is 0 Å². The molecular formula is C15H26N4O2. The maximum absolute atomic E-state index is 11.6. The van der Waals surface area contributed by atoms with Crippen LogP contribution in [0, 0.1) is 0 Å². The molecule has 0 atom stereocenters. The number of hydrogen-bond acceptors (Lipinski definition) is 6. The van der Waals surface area contributed by atoms with Crippen LogP contribution in [-0.2, 0) is 4.74 Å². The Bertz CT molecular complexity index is 467. The number of carbonyl (C=O) groups is 1. The molecule has 0 aliphatic carbocycles. The molecule has 0 amide bonds. The zero-order valence-corrected chi connectivity index (χ0v) is 13.5. The summed E-state index contributed by atoms with van der Waals surface area (Å²) in [6, 6.07) is 2.59. The number of hydrogen-bond donors (Lipinski definition) is 2. The van der Waals surface area contributed by atoms with E-state index < -0.39 is 5.97 Å². The van der Waals surface area contributed by atoms with Gasteiger partial charge in [-0.3, -0.25) is 4.90 Å². The summed E-state index contributed by atoms with van der Waals surface area (Å²) in [6.07, 6.45) is 1.47. The second-order valence-corrected chi connectivity index (χ2v) is 5.50. The number of rotatable bonds is 7. The smallest absolute Gasteiger partial charge is 0.340 e. The fraction of sp³-hybridized carbons (Fsp3) is 0.600. The minimum Gasteiger partial charge on any atom is -0.465 e. The molecule has 3 N–H and O–H groups in total. The van der Waals surface area contributed by atoms with E-state index in [9.17, 15) is 4.79 Å². The molecule has 0 fully saturated rings. The summed E-state index contributed by atoms with van der Waals surface area (Å²) in [5.41, 5.74) is 6.37. The largest absolute Gasteiger partial charge is 0.465 e. The first-order valence-corrected chi connectivity index (χ1v) is 7.20. The van der Waals surface area contributed by atoms with E-state index in [2.05, 4.69) is 42.9 Å². The maximum Gasteiger partial charge on any atom is 0.340 e. The molecule has 1 rings (SSSR count). The van der Waals surface area contributed by atoms with Gasteiger partial charge < -0.3 is 15.8 Å². The maximum atomic E-state index is 11.6. The third kappa shape index (κ3) is 4.90. The summed E-state index contributed by atoms with van der Waals surface area (Å²) >= 11 is 0. The van der Waals surface area contributed by atoms with E-state index in [0.29, 0.717) is 29.2 Å². The summed E-state index contributed by atoms with van der Waals surface area (Å²) in [5, 5.41) is 3.22. The molecule has 1 aromatic heterocycles. The van der Waals surface area contributed by atoms with Crippen LogP contribution in [0.15, 0.2) is 12.3 Å². The van der Waals surface area contributed by atoms with Gasteiger partial charge >= 0.3 is 5.97 Å². The van der Waals surface area contributed by atoms with Crippen LogP contribution in [0.25, 0.3) is 0 Å². The van der Waals surface area contributed by atoms with E-state index in [1.807, 2.05) is 0 Å². The van der Waals surface area contributed by atoms with Gasteiger partial charge in [-0.15, -0.1) is 0 Å². The fourth-order valence-electron chi connectivity index (χ4n) is 2.28. The highest BCUT2D eigenvalue weighted by molar-refractivity contribution is 5.95. The van der Waals surface area contributed by atoms with Crippen LogP contribution < -0.4 is 11.1 Å². The number of nitrogens with two attached hydrogens (primary N) is 1. The van der Waals surface area contributed by atoms with E-state index in [1.54, 1.807) is 6.07 Å². The van der Waals surface area contributed by atoms with Crippen LogP contribution in [0.3, 0.4) is 0 Å². The van der Waals surface area contributed by atoms with Gasteiger partial charge in [0.25, 0.3) is 0 Å². The molecule has 6 heteroatoms. The molecule has 0 unspecified atom stereocenters.